The third kappa shape index (κ3) is 4.61. The van der Waals surface area contributed by atoms with Crippen LogP contribution in [0.4, 0.5) is 5.69 Å². The van der Waals surface area contributed by atoms with Gasteiger partial charge in [-0.1, -0.05) is 44.2 Å². The SMILES string of the molecule is Cc1cccc(C(C)C)c1NC(=O)C(C)Sc1ccccc1Br. The van der Waals surface area contributed by atoms with Gasteiger partial charge >= 0.3 is 0 Å². The van der Waals surface area contributed by atoms with Crippen LogP contribution in [0, 0.1) is 6.92 Å². The van der Waals surface area contributed by atoms with Crippen molar-refractivity contribution < 1.29 is 4.79 Å². The van der Waals surface area contributed by atoms with Crippen LogP contribution in [-0.2, 0) is 4.79 Å². The maximum atomic E-state index is 12.6. The van der Waals surface area contributed by atoms with Gasteiger partial charge in [-0.25, -0.2) is 0 Å². The molecule has 0 heterocycles. The maximum absolute atomic E-state index is 12.6. The minimum Gasteiger partial charge on any atom is -0.325 e. The van der Waals surface area contributed by atoms with Gasteiger partial charge in [-0.05, 0) is 59.0 Å². The first kappa shape index (κ1) is 18.1. The minimum atomic E-state index is -0.173. The van der Waals surface area contributed by atoms with Crippen LogP contribution in [0.2, 0.25) is 0 Å². The number of para-hydroxylation sites is 1. The van der Waals surface area contributed by atoms with Crippen molar-refractivity contribution in [3.8, 4) is 0 Å². The summed E-state index contributed by atoms with van der Waals surface area (Å²) in [6.45, 7) is 8.26. The molecule has 2 aromatic carbocycles. The van der Waals surface area contributed by atoms with Crippen molar-refractivity contribution in [2.45, 2.75) is 43.8 Å². The number of rotatable bonds is 5. The molecule has 0 bridgehead atoms. The molecule has 122 valence electrons. The highest BCUT2D eigenvalue weighted by molar-refractivity contribution is 9.10. The van der Waals surface area contributed by atoms with E-state index in [1.807, 2.05) is 50.2 Å². The van der Waals surface area contributed by atoms with Gasteiger partial charge in [0.25, 0.3) is 0 Å². The Bertz CT molecular complexity index is 700. The smallest absolute Gasteiger partial charge is 0.237 e. The average molecular weight is 392 g/mol. The van der Waals surface area contributed by atoms with Gasteiger partial charge in [0.2, 0.25) is 5.91 Å². The van der Waals surface area contributed by atoms with Gasteiger partial charge in [-0.2, -0.15) is 0 Å². The summed E-state index contributed by atoms with van der Waals surface area (Å²) in [5, 5.41) is 2.95. The van der Waals surface area contributed by atoms with Crippen molar-refractivity contribution in [2.24, 2.45) is 0 Å². The molecule has 2 aromatic rings. The average Bonchev–Trinajstić information content (AvgIpc) is 2.51. The predicted molar refractivity (Wildman–Crippen MR) is 103 cm³/mol. The normalized spacial score (nSPS) is 12.3. The highest BCUT2D eigenvalue weighted by Crippen LogP contribution is 2.32. The lowest BCUT2D eigenvalue weighted by Crippen LogP contribution is -2.23. The Hall–Kier alpha value is -1.26. The van der Waals surface area contributed by atoms with E-state index in [1.54, 1.807) is 11.8 Å². The fraction of sp³-hybridized carbons (Fsp3) is 0.316. The Labute approximate surface area is 151 Å². The fourth-order valence-corrected chi connectivity index (χ4v) is 3.80. The summed E-state index contributed by atoms with van der Waals surface area (Å²) in [7, 11) is 0. The first-order valence-corrected chi connectivity index (χ1v) is 9.39. The van der Waals surface area contributed by atoms with Crippen LogP contribution in [0.15, 0.2) is 51.8 Å². The molecule has 0 fully saturated rings. The van der Waals surface area contributed by atoms with E-state index in [2.05, 4.69) is 41.2 Å². The van der Waals surface area contributed by atoms with Crippen molar-refractivity contribution >= 4 is 39.3 Å². The lowest BCUT2D eigenvalue weighted by Gasteiger charge is -2.19. The largest absolute Gasteiger partial charge is 0.325 e. The van der Waals surface area contributed by atoms with Crippen molar-refractivity contribution in [1.29, 1.82) is 0 Å². The number of anilines is 1. The Morgan fingerprint density at radius 3 is 2.43 bits per heavy atom. The Morgan fingerprint density at radius 1 is 1.09 bits per heavy atom. The molecule has 1 unspecified atom stereocenters. The van der Waals surface area contributed by atoms with Crippen molar-refractivity contribution in [2.75, 3.05) is 5.32 Å². The number of amides is 1. The topological polar surface area (TPSA) is 29.1 Å². The van der Waals surface area contributed by atoms with Gasteiger partial charge in [0.1, 0.15) is 0 Å². The predicted octanol–water partition coefficient (Wildman–Crippen LogP) is 6.00. The second kappa shape index (κ2) is 8.02. The van der Waals surface area contributed by atoms with Crippen LogP contribution in [0.5, 0.6) is 0 Å². The number of carbonyl (C=O) groups excluding carboxylic acids is 1. The standard InChI is InChI=1S/C19H22BrNOS/c1-12(2)15-9-7-8-13(3)18(15)21-19(22)14(4)23-17-11-6-5-10-16(17)20/h5-12,14H,1-4H3,(H,21,22). The molecule has 1 amide bonds. The fourth-order valence-electron chi connectivity index (χ4n) is 2.35. The molecular formula is C19H22BrNOS. The number of nitrogens with one attached hydrogen (secondary N) is 1. The number of hydrogen-bond acceptors (Lipinski definition) is 2. The van der Waals surface area contributed by atoms with Crippen LogP contribution in [-0.4, -0.2) is 11.2 Å². The van der Waals surface area contributed by atoms with Crippen LogP contribution in [0.3, 0.4) is 0 Å². The van der Waals surface area contributed by atoms with E-state index in [4.69, 9.17) is 0 Å². The van der Waals surface area contributed by atoms with Gasteiger partial charge in [0.15, 0.2) is 0 Å². The number of aryl methyl sites for hydroxylation is 1. The van der Waals surface area contributed by atoms with E-state index in [0.29, 0.717) is 5.92 Å². The van der Waals surface area contributed by atoms with Gasteiger partial charge in [0, 0.05) is 15.1 Å². The van der Waals surface area contributed by atoms with Gasteiger partial charge < -0.3 is 5.32 Å². The summed E-state index contributed by atoms with van der Waals surface area (Å²) in [4.78, 5) is 13.7. The van der Waals surface area contributed by atoms with Gasteiger partial charge in [-0.15, -0.1) is 11.8 Å². The summed E-state index contributed by atoms with van der Waals surface area (Å²) in [5.74, 6) is 0.401. The van der Waals surface area contributed by atoms with Gasteiger partial charge in [0.05, 0.1) is 5.25 Å². The van der Waals surface area contributed by atoms with Crippen LogP contribution >= 0.6 is 27.7 Å². The highest BCUT2D eigenvalue weighted by Gasteiger charge is 2.18. The van der Waals surface area contributed by atoms with E-state index in [-0.39, 0.29) is 11.2 Å². The molecule has 23 heavy (non-hydrogen) atoms. The number of halogens is 1. The molecule has 0 spiro atoms. The molecule has 1 atom stereocenters. The van der Waals surface area contributed by atoms with E-state index in [0.717, 1.165) is 20.6 Å². The number of hydrogen-bond donors (Lipinski definition) is 1. The first-order chi connectivity index (χ1) is 10.9. The Morgan fingerprint density at radius 2 is 1.78 bits per heavy atom. The maximum Gasteiger partial charge on any atom is 0.237 e. The second-order valence-corrected chi connectivity index (χ2v) is 8.11. The molecular weight excluding hydrogens is 370 g/mol. The van der Waals surface area contributed by atoms with Crippen molar-refractivity contribution in [3.05, 3.63) is 58.1 Å². The molecule has 1 N–H and O–H groups in total. The third-order valence-corrected chi connectivity index (χ3v) is 5.82. The Kier molecular flexibility index (Phi) is 6.31. The third-order valence-electron chi connectivity index (χ3n) is 3.68. The number of carbonyl (C=O) groups is 1. The van der Waals surface area contributed by atoms with Crippen LogP contribution in [0.25, 0.3) is 0 Å². The molecule has 2 rings (SSSR count). The van der Waals surface area contributed by atoms with E-state index in [1.165, 1.54) is 5.56 Å². The lowest BCUT2D eigenvalue weighted by molar-refractivity contribution is -0.115. The quantitative estimate of drug-likeness (QED) is 0.633. The summed E-state index contributed by atoms with van der Waals surface area (Å²) >= 11 is 5.09. The number of benzene rings is 2. The zero-order valence-electron chi connectivity index (χ0n) is 13.9. The van der Waals surface area contributed by atoms with Gasteiger partial charge in [-0.3, -0.25) is 4.79 Å². The van der Waals surface area contributed by atoms with Crippen molar-refractivity contribution in [3.63, 3.8) is 0 Å². The van der Waals surface area contributed by atoms with Crippen LogP contribution < -0.4 is 5.32 Å². The van der Waals surface area contributed by atoms with E-state index in [9.17, 15) is 4.79 Å². The van der Waals surface area contributed by atoms with Crippen LogP contribution in [0.1, 0.15) is 37.8 Å². The minimum absolute atomic E-state index is 0.0296. The summed E-state index contributed by atoms with van der Waals surface area (Å²) in [6, 6.07) is 14.1. The highest BCUT2D eigenvalue weighted by atomic mass is 79.9. The molecule has 0 aliphatic carbocycles. The zero-order chi connectivity index (χ0) is 17.0. The molecule has 0 aliphatic rings. The monoisotopic (exact) mass is 391 g/mol. The molecule has 0 saturated carbocycles. The van der Waals surface area contributed by atoms with E-state index >= 15 is 0 Å². The lowest BCUT2D eigenvalue weighted by atomic mass is 9.98. The first-order valence-electron chi connectivity index (χ1n) is 7.71. The second-order valence-electron chi connectivity index (χ2n) is 5.87. The Balaban J connectivity index is 2.15. The molecule has 4 heteroatoms. The summed E-state index contributed by atoms with van der Waals surface area (Å²) in [5.41, 5.74) is 3.23. The zero-order valence-corrected chi connectivity index (χ0v) is 16.3. The molecule has 0 aromatic heterocycles. The molecule has 0 aliphatic heterocycles. The molecule has 2 nitrogen and oxygen atoms in total. The van der Waals surface area contributed by atoms with E-state index < -0.39 is 0 Å². The molecule has 0 radical (unpaired) electrons. The summed E-state index contributed by atoms with van der Waals surface area (Å²) in [6.07, 6.45) is 0. The number of thioether (sulfide) groups is 1. The summed E-state index contributed by atoms with van der Waals surface area (Å²) < 4.78 is 1.02. The molecule has 0 saturated heterocycles. The van der Waals surface area contributed by atoms with Crippen molar-refractivity contribution in [1.82, 2.24) is 0 Å².